The van der Waals surface area contributed by atoms with Crippen LogP contribution < -0.4 is 11.1 Å². The molecule has 1 saturated heterocycles. The standard InChI is InChI=1S/C11H25N3/c1-11(2,12)7-10(13-3)9-5-6-14(4)8-9/h9-10,13H,5-8,12H2,1-4H3. The summed E-state index contributed by atoms with van der Waals surface area (Å²) in [5.41, 5.74) is 6.00. The summed E-state index contributed by atoms with van der Waals surface area (Å²) in [6.45, 7) is 6.65. The molecule has 3 N–H and O–H groups in total. The van der Waals surface area contributed by atoms with Gasteiger partial charge in [0.15, 0.2) is 0 Å². The van der Waals surface area contributed by atoms with Gasteiger partial charge in [-0.15, -0.1) is 0 Å². The van der Waals surface area contributed by atoms with E-state index < -0.39 is 0 Å². The minimum Gasteiger partial charge on any atom is -0.326 e. The molecule has 0 amide bonds. The van der Waals surface area contributed by atoms with Crippen molar-refractivity contribution in [3.05, 3.63) is 0 Å². The Labute approximate surface area is 88.0 Å². The zero-order chi connectivity index (χ0) is 10.8. The average Bonchev–Trinajstić information content (AvgIpc) is 2.46. The molecule has 1 aliphatic rings. The molecular weight excluding hydrogens is 174 g/mol. The Morgan fingerprint density at radius 2 is 2.21 bits per heavy atom. The maximum Gasteiger partial charge on any atom is 0.0122 e. The highest BCUT2D eigenvalue weighted by atomic mass is 15.1. The van der Waals surface area contributed by atoms with Gasteiger partial charge >= 0.3 is 0 Å². The van der Waals surface area contributed by atoms with E-state index in [-0.39, 0.29) is 5.54 Å². The third kappa shape index (κ3) is 3.56. The Hall–Kier alpha value is -0.120. The molecule has 0 saturated carbocycles. The maximum absolute atomic E-state index is 6.06. The molecule has 0 radical (unpaired) electrons. The van der Waals surface area contributed by atoms with E-state index in [9.17, 15) is 0 Å². The molecule has 0 aromatic carbocycles. The molecule has 2 unspecified atom stereocenters. The molecule has 2 atom stereocenters. The molecule has 1 heterocycles. The molecule has 14 heavy (non-hydrogen) atoms. The van der Waals surface area contributed by atoms with Crippen LogP contribution in [0.25, 0.3) is 0 Å². The van der Waals surface area contributed by atoms with Crippen LogP contribution in [-0.4, -0.2) is 43.7 Å². The van der Waals surface area contributed by atoms with Crippen LogP contribution in [-0.2, 0) is 0 Å². The van der Waals surface area contributed by atoms with Crippen molar-refractivity contribution in [1.82, 2.24) is 10.2 Å². The zero-order valence-electron chi connectivity index (χ0n) is 10.0. The summed E-state index contributed by atoms with van der Waals surface area (Å²) in [7, 11) is 4.25. The molecule has 1 aliphatic heterocycles. The second-order valence-electron chi connectivity index (χ2n) is 5.40. The summed E-state index contributed by atoms with van der Waals surface area (Å²) in [5.74, 6) is 0.771. The van der Waals surface area contributed by atoms with E-state index in [1.807, 2.05) is 0 Å². The molecule has 3 heteroatoms. The average molecular weight is 199 g/mol. The molecule has 1 rings (SSSR count). The van der Waals surface area contributed by atoms with Gasteiger partial charge in [0.2, 0.25) is 0 Å². The van der Waals surface area contributed by atoms with Crippen LogP contribution in [0.1, 0.15) is 26.7 Å². The molecule has 0 aromatic rings. The Morgan fingerprint density at radius 3 is 2.57 bits per heavy atom. The quantitative estimate of drug-likeness (QED) is 0.698. The minimum absolute atomic E-state index is 0.0607. The van der Waals surface area contributed by atoms with Gasteiger partial charge in [-0.25, -0.2) is 0 Å². The summed E-state index contributed by atoms with van der Waals surface area (Å²) in [6.07, 6.45) is 2.36. The van der Waals surface area contributed by atoms with Crippen molar-refractivity contribution < 1.29 is 0 Å². The highest BCUT2D eigenvalue weighted by Gasteiger charge is 2.29. The topological polar surface area (TPSA) is 41.3 Å². The van der Waals surface area contributed by atoms with Gasteiger partial charge in [0.25, 0.3) is 0 Å². The summed E-state index contributed by atoms with van der Waals surface area (Å²) < 4.78 is 0. The fourth-order valence-electron chi connectivity index (χ4n) is 2.37. The van der Waals surface area contributed by atoms with Gasteiger partial charge in [-0.2, -0.15) is 0 Å². The molecule has 84 valence electrons. The van der Waals surface area contributed by atoms with Crippen LogP contribution in [0.5, 0.6) is 0 Å². The van der Waals surface area contributed by atoms with Crippen LogP contribution >= 0.6 is 0 Å². The predicted octanol–water partition coefficient (Wildman–Crippen LogP) is 0.654. The van der Waals surface area contributed by atoms with Crippen LogP contribution in [0.2, 0.25) is 0 Å². The number of nitrogens with zero attached hydrogens (tertiary/aromatic N) is 1. The summed E-state index contributed by atoms with van der Waals surface area (Å²) in [4.78, 5) is 2.40. The smallest absolute Gasteiger partial charge is 0.0122 e. The van der Waals surface area contributed by atoms with Crippen molar-refractivity contribution in [3.63, 3.8) is 0 Å². The van der Waals surface area contributed by atoms with Crippen LogP contribution in [0.4, 0.5) is 0 Å². The molecule has 0 aromatic heterocycles. The molecule has 0 aliphatic carbocycles. The van der Waals surface area contributed by atoms with E-state index >= 15 is 0 Å². The first kappa shape index (κ1) is 12.0. The largest absolute Gasteiger partial charge is 0.326 e. The van der Waals surface area contributed by atoms with Crippen molar-refractivity contribution in [2.24, 2.45) is 11.7 Å². The van der Waals surface area contributed by atoms with Crippen LogP contribution in [0.3, 0.4) is 0 Å². The van der Waals surface area contributed by atoms with Crippen molar-refractivity contribution in [1.29, 1.82) is 0 Å². The summed E-state index contributed by atoms with van der Waals surface area (Å²) >= 11 is 0. The molecule has 0 bridgehead atoms. The Morgan fingerprint density at radius 1 is 1.57 bits per heavy atom. The number of hydrogen-bond acceptors (Lipinski definition) is 3. The Balaban J connectivity index is 2.46. The van der Waals surface area contributed by atoms with E-state index in [0.717, 1.165) is 12.3 Å². The minimum atomic E-state index is -0.0607. The monoisotopic (exact) mass is 199 g/mol. The lowest BCUT2D eigenvalue weighted by atomic mass is 9.88. The lowest BCUT2D eigenvalue weighted by Crippen LogP contribution is -2.44. The first-order valence-corrected chi connectivity index (χ1v) is 5.57. The fourth-order valence-corrected chi connectivity index (χ4v) is 2.37. The normalized spacial score (nSPS) is 26.8. The summed E-state index contributed by atoms with van der Waals surface area (Å²) in [6, 6.07) is 0.569. The van der Waals surface area contributed by atoms with Gasteiger partial charge in [0.05, 0.1) is 0 Å². The van der Waals surface area contributed by atoms with Gasteiger partial charge in [-0.05, 0) is 53.2 Å². The van der Waals surface area contributed by atoms with Gasteiger partial charge in [0, 0.05) is 18.1 Å². The van der Waals surface area contributed by atoms with Crippen LogP contribution in [0, 0.1) is 5.92 Å². The maximum atomic E-state index is 6.06. The second-order valence-corrected chi connectivity index (χ2v) is 5.40. The fraction of sp³-hybridized carbons (Fsp3) is 1.00. The van der Waals surface area contributed by atoms with Crippen molar-refractivity contribution in [2.75, 3.05) is 27.2 Å². The van der Waals surface area contributed by atoms with Gasteiger partial charge < -0.3 is 16.0 Å². The first-order chi connectivity index (χ1) is 6.42. The van der Waals surface area contributed by atoms with E-state index in [4.69, 9.17) is 5.73 Å². The molecular formula is C11H25N3. The molecule has 1 fully saturated rings. The van der Waals surface area contributed by atoms with E-state index in [1.54, 1.807) is 0 Å². The number of hydrogen-bond donors (Lipinski definition) is 2. The van der Waals surface area contributed by atoms with E-state index in [0.29, 0.717) is 6.04 Å². The number of nitrogens with two attached hydrogens (primary N) is 1. The van der Waals surface area contributed by atoms with Crippen LogP contribution in [0.15, 0.2) is 0 Å². The SMILES string of the molecule is CNC(CC(C)(C)N)C1CCN(C)C1. The number of likely N-dealkylation sites (tertiary alicyclic amines) is 1. The van der Waals surface area contributed by atoms with Crippen molar-refractivity contribution in [3.8, 4) is 0 Å². The first-order valence-electron chi connectivity index (χ1n) is 5.57. The van der Waals surface area contributed by atoms with Crippen molar-refractivity contribution in [2.45, 2.75) is 38.3 Å². The van der Waals surface area contributed by atoms with Crippen molar-refractivity contribution >= 4 is 0 Å². The summed E-state index contributed by atoms with van der Waals surface area (Å²) in [5, 5.41) is 3.41. The van der Waals surface area contributed by atoms with E-state index in [2.05, 4.69) is 38.2 Å². The highest BCUT2D eigenvalue weighted by Crippen LogP contribution is 2.23. The Kier molecular flexibility index (Phi) is 3.93. The Bertz CT molecular complexity index is 174. The molecule has 3 nitrogen and oxygen atoms in total. The zero-order valence-corrected chi connectivity index (χ0v) is 10.0. The van der Waals surface area contributed by atoms with Gasteiger partial charge in [-0.1, -0.05) is 0 Å². The van der Waals surface area contributed by atoms with Gasteiger partial charge in [0.1, 0.15) is 0 Å². The number of nitrogens with one attached hydrogen (secondary N) is 1. The second kappa shape index (κ2) is 4.60. The predicted molar refractivity (Wildman–Crippen MR) is 61.3 cm³/mol. The lowest BCUT2D eigenvalue weighted by Gasteiger charge is -2.29. The third-order valence-electron chi connectivity index (χ3n) is 3.11. The highest BCUT2D eigenvalue weighted by molar-refractivity contribution is 4.88. The number of rotatable bonds is 4. The third-order valence-corrected chi connectivity index (χ3v) is 3.11. The molecule has 0 spiro atoms. The van der Waals surface area contributed by atoms with E-state index in [1.165, 1.54) is 19.5 Å². The van der Waals surface area contributed by atoms with Gasteiger partial charge in [-0.3, -0.25) is 0 Å². The lowest BCUT2D eigenvalue weighted by molar-refractivity contribution is 0.292.